The fraction of sp³-hybridized carbons (Fsp3) is 0.417. The highest BCUT2D eigenvalue weighted by Crippen LogP contribution is 2.16. The van der Waals surface area contributed by atoms with Crippen LogP contribution in [-0.2, 0) is 11.2 Å². The number of carbonyl (C=O) groups excluding carboxylic acids is 1. The number of thioether (sulfide) groups is 1. The van der Waals surface area contributed by atoms with Gasteiger partial charge in [-0.05, 0) is 22.9 Å². The third-order valence-corrected chi connectivity index (χ3v) is 3.37. The first kappa shape index (κ1) is 13.5. The summed E-state index contributed by atoms with van der Waals surface area (Å²) in [5.41, 5.74) is 0.416. The summed E-state index contributed by atoms with van der Waals surface area (Å²) in [6.45, 7) is 4.06. The van der Waals surface area contributed by atoms with Crippen LogP contribution >= 0.6 is 23.4 Å². The Morgan fingerprint density at radius 1 is 1.50 bits per heavy atom. The minimum absolute atomic E-state index is 0.0416. The van der Waals surface area contributed by atoms with E-state index in [2.05, 4.69) is 0 Å². The second-order valence-electron chi connectivity index (χ2n) is 3.81. The number of Topliss-reactive ketones (excluding diaryl/α,β-unsaturated/α-hetero) is 1. The number of hydrogen-bond donors (Lipinski definition) is 0. The summed E-state index contributed by atoms with van der Waals surface area (Å²) in [4.78, 5) is 11.5. The van der Waals surface area contributed by atoms with E-state index in [9.17, 15) is 9.18 Å². The van der Waals surface area contributed by atoms with Gasteiger partial charge in [-0.25, -0.2) is 4.39 Å². The number of carbonyl (C=O) groups is 1. The molecule has 4 heteroatoms. The third kappa shape index (κ3) is 4.54. The van der Waals surface area contributed by atoms with Gasteiger partial charge < -0.3 is 0 Å². The quantitative estimate of drug-likeness (QED) is 0.802. The summed E-state index contributed by atoms with van der Waals surface area (Å²) >= 11 is 7.20. The number of benzene rings is 1. The first-order valence-electron chi connectivity index (χ1n) is 5.06. The molecule has 0 saturated heterocycles. The van der Waals surface area contributed by atoms with Gasteiger partial charge >= 0.3 is 0 Å². The highest BCUT2D eigenvalue weighted by atomic mass is 35.5. The van der Waals surface area contributed by atoms with Crippen LogP contribution in [-0.4, -0.2) is 16.8 Å². The molecule has 0 aromatic heterocycles. The van der Waals surface area contributed by atoms with Crippen molar-refractivity contribution in [3.05, 3.63) is 34.6 Å². The lowest BCUT2D eigenvalue weighted by Crippen LogP contribution is -2.08. The number of ketones is 1. The molecule has 0 atom stereocenters. The van der Waals surface area contributed by atoms with Gasteiger partial charge in [-0.2, -0.15) is 11.8 Å². The van der Waals surface area contributed by atoms with E-state index in [1.54, 1.807) is 23.9 Å². The van der Waals surface area contributed by atoms with Gasteiger partial charge in [-0.3, -0.25) is 4.79 Å². The molecule has 0 aliphatic heterocycles. The fourth-order valence-electron chi connectivity index (χ4n) is 1.19. The van der Waals surface area contributed by atoms with Gasteiger partial charge in [0, 0.05) is 11.4 Å². The van der Waals surface area contributed by atoms with E-state index in [-0.39, 0.29) is 12.2 Å². The Bertz CT molecular complexity index is 379. The molecule has 0 heterocycles. The van der Waals surface area contributed by atoms with Crippen molar-refractivity contribution >= 4 is 29.1 Å². The molecule has 0 saturated carbocycles. The fourth-order valence-corrected chi connectivity index (χ4v) is 1.97. The lowest BCUT2D eigenvalue weighted by Gasteiger charge is -2.05. The molecule has 0 aliphatic carbocycles. The second-order valence-corrected chi connectivity index (χ2v) is 5.81. The average molecular weight is 261 g/mol. The van der Waals surface area contributed by atoms with Crippen LogP contribution in [0.15, 0.2) is 18.2 Å². The molecular weight excluding hydrogens is 247 g/mol. The first-order valence-corrected chi connectivity index (χ1v) is 6.49. The van der Waals surface area contributed by atoms with Crippen molar-refractivity contribution in [2.75, 3.05) is 5.75 Å². The van der Waals surface area contributed by atoms with Crippen LogP contribution < -0.4 is 0 Å². The van der Waals surface area contributed by atoms with Crippen molar-refractivity contribution in [1.29, 1.82) is 0 Å². The second kappa shape index (κ2) is 6.26. The monoisotopic (exact) mass is 260 g/mol. The maximum Gasteiger partial charge on any atom is 0.147 e. The number of hydrogen-bond acceptors (Lipinski definition) is 2. The topological polar surface area (TPSA) is 17.1 Å². The average Bonchev–Trinajstić information content (AvgIpc) is 2.19. The maximum atomic E-state index is 13.4. The predicted octanol–water partition coefficient (Wildman–Crippen LogP) is 3.73. The van der Waals surface area contributed by atoms with E-state index in [4.69, 9.17) is 11.6 Å². The molecule has 0 unspecified atom stereocenters. The van der Waals surface area contributed by atoms with Crippen LogP contribution in [0.3, 0.4) is 0 Å². The molecule has 1 nitrogen and oxygen atoms in total. The van der Waals surface area contributed by atoms with E-state index in [0.717, 1.165) is 0 Å². The largest absolute Gasteiger partial charge is 0.298 e. The molecule has 88 valence electrons. The van der Waals surface area contributed by atoms with Crippen LogP contribution in [0.5, 0.6) is 0 Å². The molecule has 1 rings (SSSR count). The summed E-state index contributed by atoms with van der Waals surface area (Å²) in [5, 5.41) is 0.768. The first-order chi connectivity index (χ1) is 7.49. The number of halogens is 2. The van der Waals surface area contributed by atoms with E-state index < -0.39 is 5.82 Å². The Labute approximate surface area is 104 Å². The molecule has 0 spiro atoms. The SMILES string of the molecule is CC(C)SCC(=O)Cc1ccc(Cl)cc1F. The van der Waals surface area contributed by atoms with Gasteiger partial charge in [-0.15, -0.1) is 0 Å². The summed E-state index contributed by atoms with van der Waals surface area (Å²) in [5.74, 6) is 0.0648. The minimum atomic E-state index is -0.407. The van der Waals surface area contributed by atoms with Crippen molar-refractivity contribution in [1.82, 2.24) is 0 Å². The number of rotatable bonds is 5. The zero-order valence-corrected chi connectivity index (χ0v) is 10.9. The lowest BCUT2D eigenvalue weighted by molar-refractivity contribution is -0.116. The molecule has 0 N–H and O–H groups in total. The Kier molecular flexibility index (Phi) is 5.29. The van der Waals surface area contributed by atoms with Gasteiger partial charge in [0.2, 0.25) is 0 Å². The molecule has 1 aromatic carbocycles. The highest BCUT2D eigenvalue weighted by molar-refractivity contribution is 8.00. The molecule has 0 radical (unpaired) electrons. The lowest BCUT2D eigenvalue weighted by atomic mass is 10.1. The van der Waals surface area contributed by atoms with E-state index in [0.29, 0.717) is 21.6 Å². The van der Waals surface area contributed by atoms with Crippen molar-refractivity contribution < 1.29 is 9.18 Å². The molecule has 0 amide bonds. The predicted molar refractivity (Wildman–Crippen MR) is 67.7 cm³/mol. The van der Waals surface area contributed by atoms with E-state index in [1.807, 2.05) is 13.8 Å². The molecule has 0 bridgehead atoms. The third-order valence-electron chi connectivity index (χ3n) is 1.98. The summed E-state index contributed by atoms with van der Waals surface area (Å²) < 4.78 is 13.4. The van der Waals surface area contributed by atoms with Crippen LogP contribution in [0.4, 0.5) is 4.39 Å². The van der Waals surface area contributed by atoms with E-state index in [1.165, 1.54) is 6.07 Å². The van der Waals surface area contributed by atoms with Gasteiger partial charge in [0.25, 0.3) is 0 Å². The van der Waals surface area contributed by atoms with Crippen LogP contribution in [0.1, 0.15) is 19.4 Å². The summed E-state index contributed by atoms with van der Waals surface area (Å²) in [7, 11) is 0. The zero-order chi connectivity index (χ0) is 12.1. The maximum absolute atomic E-state index is 13.4. The molecule has 1 aromatic rings. The smallest absolute Gasteiger partial charge is 0.147 e. The van der Waals surface area contributed by atoms with E-state index >= 15 is 0 Å². The molecule has 16 heavy (non-hydrogen) atoms. The normalized spacial score (nSPS) is 10.8. The van der Waals surface area contributed by atoms with Gasteiger partial charge in [-0.1, -0.05) is 31.5 Å². The van der Waals surface area contributed by atoms with Gasteiger partial charge in [0.05, 0.1) is 5.75 Å². The highest BCUT2D eigenvalue weighted by Gasteiger charge is 2.09. The van der Waals surface area contributed by atoms with Crippen LogP contribution in [0.2, 0.25) is 5.02 Å². The van der Waals surface area contributed by atoms with Crippen molar-refractivity contribution in [3.63, 3.8) is 0 Å². The Hall–Kier alpha value is -0.540. The van der Waals surface area contributed by atoms with Crippen LogP contribution in [0, 0.1) is 5.82 Å². The van der Waals surface area contributed by atoms with Crippen LogP contribution in [0.25, 0.3) is 0 Å². The Balaban J connectivity index is 2.56. The van der Waals surface area contributed by atoms with Crippen molar-refractivity contribution in [2.45, 2.75) is 25.5 Å². The van der Waals surface area contributed by atoms with Gasteiger partial charge in [0.15, 0.2) is 0 Å². The zero-order valence-electron chi connectivity index (χ0n) is 9.30. The Morgan fingerprint density at radius 2 is 2.19 bits per heavy atom. The Morgan fingerprint density at radius 3 is 2.75 bits per heavy atom. The minimum Gasteiger partial charge on any atom is -0.298 e. The summed E-state index contributed by atoms with van der Waals surface area (Å²) in [6.07, 6.45) is 0.142. The van der Waals surface area contributed by atoms with Crippen molar-refractivity contribution in [2.24, 2.45) is 0 Å². The summed E-state index contributed by atoms with van der Waals surface area (Å²) in [6, 6.07) is 4.40. The van der Waals surface area contributed by atoms with Crippen molar-refractivity contribution in [3.8, 4) is 0 Å². The molecule has 0 fully saturated rings. The standard InChI is InChI=1S/C12H14ClFOS/c1-8(2)16-7-11(15)5-9-3-4-10(13)6-12(9)14/h3-4,6,8H,5,7H2,1-2H3. The molecule has 0 aliphatic rings. The molecular formula is C12H14ClFOS. The van der Waals surface area contributed by atoms with Gasteiger partial charge in [0.1, 0.15) is 11.6 Å².